The van der Waals surface area contributed by atoms with Gasteiger partial charge < -0.3 is 10.1 Å². The van der Waals surface area contributed by atoms with Gasteiger partial charge in [0.2, 0.25) is 11.7 Å². The van der Waals surface area contributed by atoms with Crippen LogP contribution >= 0.6 is 11.8 Å². The third-order valence-electron chi connectivity index (χ3n) is 4.62. The molecule has 2 aromatic heterocycles. The zero-order valence-corrected chi connectivity index (χ0v) is 17.4. The molecule has 0 atom stereocenters. The van der Waals surface area contributed by atoms with Gasteiger partial charge in [-0.3, -0.25) is 14.0 Å². The van der Waals surface area contributed by atoms with E-state index in [4.69, 9.17) is 10.00 Å². The molecule has 0 saturated carbocycles. The molecule has 4 aromatic rings. The van der Waals surface area contributed by atoms with Gasteiger partial charge in [-0.25, -0.2) is 4.57 Å². The average Bonchev–Trinajstić information content (AvgIpc) is 3.22. The predicted molar refractivity (Wildman–Crippen MR) is 117 cm³/mol. The summed E-state index contributed by atoms with van der Waals surface area (Å²) < 4.78 is 8.47. The molecule has 2 heterocycles. The first-order valence-electron chi connectivity index (χ1n) is 9.44. The van der Waals surface area contributed by atoms with Crippen molar-refractivity contribution in [1.82, 2.24) is 24.5 Å². The van der Waals surface area contributed by atoms with E-state index in [1.54, 1.807) is 47.9 Å². The number of carbonyl (C=O) groups is 1. The minimum atomic E-state index is -0.216. The lowest BCUT2D eigenvalue weighted by Gasteiger charge is -2.11. The third-order valence-corrected chi connectivity index (χ3v) is 5.55. The van der Waals surface area contributed by atoms with Crippen molar-refractivity contribution >= 4 is 34.3 Å². The van der Waals surface area contributed by atoms with Gasteiger partial charge in [0.1, 0.15) is 5.75 Å². The Balaban J connectivity index is 1.80. The Morgan fingerprint density at radius 3 is 2.71 bits per heavy atom. The molecular weight excluding hydrogens is 416 g/mol. The fourth-order valence-corrected chi connectivity index (χ4v) is 3.95. The van der Waals surface area contributed by atoms with E-state index < -0.39 is 0 Å². The zero-order chi connectivity index (χ0) is 21.8. The molecule has 0 spiro atoms. The fraction of sp³-hybridized carbons (Fsp3) is 0.190. The number of aromatic nitrogens is 4. The van der Waals surface area contributed by atoms with Gasteiger partial charge in [-0.15, -0.1) is 10.2 Å². The molecular formula is C21H18N6O3S. The summed E-state index contributed by atoms with van der Waals surface area (Å²) in [6.45, 7) is 0.302. The monoisotopic (exact) mass is 434 g/mol. The second kappa shape index (κ2) is 8.89. The van der Waals surface area contributed by atoms with Crippen molar-refractivity contribution in [2.75, 3.05) is 19.4 Å². The van der Waals surface area contributed by atoms with Gasteiger partial charge >= 0.3 is 0 Å². The highest BCUT2D eigenvalue weighted by molar-refractivity contribution is 7.99. The van der Waals surface area contributed by atoms with Gasteiger partial charge in [-0.05, 0) is 36.4 Å². The number of methoxy groups -OCH3 is 1. The van der Waals surface area contributed by atoms with Gasteiger partial charge in [0.25, 0.3) is 5.56 Å². The SMILES string of the molecule is COc1ccc(-n2c(=O)c3ccccc3n3c(SCC(=O)NCCC#N)nnc23)cc1. The number of nitrogens with zero attached hydrogens (tertiary/aromatic N) is 5. The molecule has 0 bridgehead atoms. The number of ether oxygens (including phenoxy) is 1. The van der Waals surface area contributed by atoms with Crippen molar-refractivity contribution in [1.29, 1.82) is 5.26 Å². The predicted octanol–water partition coefficient (Wildman–Crippen LogP) is 2.16. The molecule has 2 aromatic carbocycles. The number of nitrogens with one attached hydrogen (secondary N) is 1. The van der Waals surface area contributed by atoms with Crippen LogP contribution < -0.4 is 15.6 Å². The van der Waals surface area contributed by atoms with Crippen molar-refractivity contribution in [3.63, 3.8) is 0 Å². The minimum absolute atomic E-state index is 0.113. The van der Waals surface area contributed by atoms with Crippen molar-refractivity contribution in [3.05, 3.63) is 58.9 Å². The number of benzene rings is 2. The van der Waals surface area contributed by atoms with E-state index in [1.807, 2.05) is 18.2 Å². The Hall–Kier alpha value is -3.84. The summed E-state index contributed by atoms with van der Waals surface area (Å²) >= 11 is 1.21. The number of hydrogen-bond acceptors (Lipinski definition) is 7. The lowest BCUT2D eigenvalue weighted by Crippen LogP contribution is -2.26. The van der Waals surface area contributed by atoms with Crippen molar-refractivity contribution < 1.29 is 9.53 Å². The van der Waals surface area contributed by atoms with Gasteiger partial charge in [0.15, 0.2) is 5.16 Å². The first-order chi connectivity index (χ1) is 15.1. The largest absolute Gasteiger partial charge is 0.497 e. The smallest absolute Gasteiger partial charge is 0.267 e. The highest BCUT2D eigenvalue weighted by Crippen LogP contribution is 2.23. The number of amides is 1. The molecule has 10 heteroatoms. The number of hydrogen-bond donors (Lipinski definition) is 1. The Kier molecular flexibility index (Phi) is 5.86. The van der Waals surface area contributed by atoms with Crippen molar-refractivity contribution in [2.24, 2.45) is 0 Å². The maximum absolute atomic E-state index is 13.3. The van der Waals surface area contributed by atoms with E-state index in [0.717, 1.165) is 0 Å². The molecule has 156 valence electrons. The quantitative estimate of drug-likeness (QED) is 0.350. The Labute approximate surface area is 181 Å². The van der Waals surface area contributed by atoms with Gasteiger partial charge in [-0.1, -0.05) is 23.9 Å². The maximum atomic E-state index is 13.3. The number of nitriles is 1. The number of para-hydroxylation sites is 1. The van der Waals surface area contributed by atoms with Crippen LogP contribution in [0.2, 0.25) is 0 Å². The fourth-order valence-electron chi connectivity index (χ4n) is 3.18. The van der Waals surface area contributed by atoms with Gasteiger partial charge in [0, 0.05) is 6.54 Å². The number of rotatable bonds is 7. The number of carbonyl (C=O) groups excluding carboxylic acids is 1. The van der Waals surface area contributed by atoms with E-state index in [9.17, 15) is 9.59 Å². The first-order valence-corrected chi connectivity index (χ1v) is 10.4. The standard InChI is InChI=1S/C21H18N6O3S/c1-30-15-9-7-14(8-10-15)26-19(29)16-5-2-3-6-17(16)27-20(26)24-25-21(27)31-13-18(28)23-12-4-11-22/h2-3,5-10H,4,12-13H2,1H3,(H,23,28). The Morgan fingerprint density at radius 2 is 1.97 bits per heavy atom. The van der Waals surface area contributed by atoms with E-state index in [0.29, 0.717) is 39.8 Å². The molecule has 31 heavy (non-hydrogen) atoms. The third kappa shape index (κ3) is 3.95. The van der Waals surface area contributed by atoms with Crippen LogP contribution in [-0.4, -0.2) is 44.5 Å². The molecule has 0 aliphatic heterocycles. The summed E-state index contributed by atoms with van der Waals surface area (Å²) in [6.07, 6.45) is 0.253. The van der Waals surface area contributed by atoms with Crippen molar-refractivity contribution in [3.8, 4) is 17.5 Å². The van der Waals surface area contributed by atoms with E-state index in [-0.39, 0.29) is 23.6 Å². The van der Waals surface area contributed by atoms with Crippen LogP contribution in [0.1, 0.15) is 6.42 Å². The Morgan fingerprint density at radius 1 is 1.19 bits per heavy atom. The van der Waals surface area contributed by atoms with Crippen LogP contribution in [0.4, 0.5) is 0 Å². The summed E-state index contributed by atoms with van der Waals surface area (Å²) in [6, 6.07) is 16.3. The number of fused-ring (bicyclic) bond motifs is 3. The number of thioether (sulfide) groups is 1. The average molecular weight is 434 g/mol. The second-order valence-electron chi connectivity index (χ2n) is 6.52. The molecule has 0 unspecified atom stereocenters. The summed E-state index contributed by atoms with van der Waals surface area (Å²) in [4.78, 5) is 25.3. The highest BCUT2D eigenvalue weighted by Gasteiger charge is 2.18. The maximum Gasteiger partial charge on any atom is 0.267 e. The normalized spacial score (nSPS) is 10.8. The molecule has 0 radical (unpaired) electrons. The molecule has 0 aliphatic rings. The second-order valence-corrected chi connectivity index (χ2v) is 7.46. The molecule has 4 rings (SSSR count). The Bertz CT molecular complexity index is 1350. The summed E-state index contributed by atoms with van der Waals surface area (Å²) in [7, 11) is 1.58. The van der Waals surface area contributed by atoms with Crippen molar-refractivity contribution in [2.45, 2.75) is 11.6 Å². The van der Waals surface area contributed by atoms with E-state index in [2.05, 4.69) is 15.5 Å². The zero-order valence-electron chi connectivity index (χ0n) is 16.6. The van der Waals surface area contributed by atoms with Crippen LogP contribution in [0.3, 0.4) is 0 Å². The summed E-state index contributed by atoms with van der Waals surface area (Å²) in [5, 5.41) is 20.7. The summed E-state index contributed by atoms with van der Waals surface area (Å²) in [5.41, 5.74) is 1.07. The lowest BCUT2D eigenvalue weighted by molar-refractivity contribution is -0.118. The first kappa shape index (κ1) is 20.4. The molecule has 1 N–H and O–H groups in total. The van der Waals surface area contributed by atoms with Crippen LogP contribution in [0.25, 0.3) is 22.4 Å². The van der Waals surface area contributed by atoms with Gasteiger partial charge in [0.05, 0.1) is 41.9 Å². The topological polar surface area (TPSA) is 114 Å². The molecule has 0 aliphatic carbocycles. The van der Waals surface area contributed by atoms with Crippen LogP contribution in [0, 0.1) is 11.3 Å². The molecule has 0 fully saturated rings. The van der Waals surface area contributed by atoms with Gasteiger partial charge in [-0.2, -0.15) is 5.26 Å². The van der Waals surface area contributed by atoms with E-state index in [1.165, 1.54) is 16.3 Å². The minimum Gasteiger partial charge on any atom is -0.497 e. The lowest BCUT2D eigenvalue weighted by atomic mass is 10.2. The molecule has 0 saturated heterocycles. The summed E-state index contributed by atoms with van der Waals surface area (Å²) in [5.74, 6) is 0.933. The highest BCUT2D eigenvalue weighted by atomic mass is 32.2. The van der Waals surface area contributed by atoms with E-state index >= 15 is 0 Å². The molecule has 9 nitrogen and oxygen atoms in total. The van der Waals surface area contributed by atoms with Crippen LogP contribution in [0.15, 0.2) is 58.5 Å². The molecule has 1 amide bonds. The van der Waals surface area contributed by atoms with Crippen LogP contribution in [0.5, 0.6) is 5.75 Å². The van der Waals surface area contributed by atoms with Crippen LogP contribution in [-0.2, 0) is 4.79 Å².